The van der Waals surface area contributed by atoms with Gasteiger partial charge in [0.1, 0.15) is 5.69 Å². The molecule has 106 valence electrons. The van der Waals surface area contributed by atoms with E-state index >= 15 is 0 Å². The van der Waals surface area contributed by atoms with E-state index in [1.165, 1.54) is 0 Å². The summed E-state index contributed by atoms with van der Waals surface area (Å²) in [6.45, 7) is 3.58. The zero-order valence-electron chi connectivity index (χ0n) is 11.4. The van der Waals surface area contributed by atoms with Crippen molar-refractivity contribution in [3.05, 3.63) is 40.6 Å². The van der Waals surface area contributed by atoms with Gasteiger partial charge in [-0.05, 0) is 18.6 Å². The second kappa shape index (κ2) is 7.59. The van der Waals surface area contributed by atoms with E-state index in [4.69, 9.17) is 0 Å². The maximum absolute atomic E-state index is 11.9. The van der Waals surface area contributed by atoms with Crippen molar-refractivity contribution >= 4 is 22.9 Å². The first-order chi connectivity index (χ1) is 9.79. The molecule has 0 bridgehead atoms. The van der Waals surface area contributed by atoms with Crippen LogP contribution in [-0.2, 0) is 6.42 Å². The molecule has 1 amide bonds. The Hall–Kier alpha value is -1.95. The first-order valence-corrected chi connectivity index (χ1v) is 7.54. The molecule has 0 aliphatic rings. The van der Waals surface area contributed by atoms with E-state index in [2.05, 4.69) is 27.5 Å². The van der Waals surface area contributed by atoms with Crippen LogP contribution in [0.25, 0.3) is 0 Å². The van der Waals surface area contributed by atoms with Crippen molar-refractivity contribution in [2.75, 3.05) is 18.4 Å². The number of pyridine rings is 1. The van der Waals surface area contributed by atoms with Crippen LogP contribution in [0.4, 0.5) is 5.69 Å². The highest BCUT2D eigenvalue weighted by Gasteiger charge is 2.06. The van der Waals surface area contributed by atoms with Crippen LogP contribution in [0, 0.1) is 0 Å². The Morgan fingerprint density at radius 3 is 2.85 bits per heavy atom. The van der Waals surface area contributed by atoms with Gasteiger partial charge >= 0.3 is 0 Å². The minimum Gasteiger partial charge on any atom is -0.384 e. The molecule has 0 aliphatic carbocycles. The van der Waals surface area contributed by atoms with Gasteiger partial charge in [-0.2, -0.15) is 0 Å². The number of carbonyl (C=O) groups excluding carboxylic acids is 1. The minimum absolute atomic E-state index is 0.149. The lowest BCUT2D eigenvalue weighted by atomic mass is 10.3. The smallest absolute Gasteiger partial charge is 0.269 e. The van der Waals surface area contributed by atoms with Gasteiger partial charge in [0.2, 0.25) is 0 Å². The van der Waals surface area contributed by atoms with Gasteiger partial charge in [-0.1, -0.05) is 6.92 Å². The fraction of sp³-hybridized carbons (Fsp3) is 0.357. The summed E-state index contributed by atoms with van der Waals surface area (Å²) < 4.78 is 0. The molecule has 0 aliphatic heterocycles. The van der Waals surface area contributed by atoms with E-state index in [1.807, 2.05) is 11.4 Å². The molecule has 0 radical (unpaired) electrons. The lowest BCUT2D eigenvalue weighted by Gasteiger charge is -2.06. The SMILES string of the molecule is CCCNc1ccc(C(=O)NCCc2nccs2)nc1. The van der Waals surface area contributed by atoms with Crippen LogP contribution in [0.1, 0.15) is 28.8 Å². The standard InChI is InChI=1S/C14H18N4OS/c1-2-6-15-11-3-4-12(18-10-11)14(19)17-7-5-13-16-8-9-20-13/h3-4,8-10,15H,2,5-7H2,1H3,(H,17,19). The highest BCUT2D eigenvalue weighted by atomic mass is 32.1. The van der Waals surface area contributed by atoms with Gasteiger partial charge < -0.3 is 10.6 Å². The number of nitrogens with one attached hydrogen (secondary N) is 2. The largest absolute Gasteiger partial charge is 0.384 e. The van der Waals surface area contributed by atoms with Crippen LogP contribution in [0.3, 0.4) is 0 Å². The molecule has 0 fully saturated rings. The molecule has 2 heterocycles. The fourth-order valence-electron chi connectivity index (χ4n) is 1.65. The molecular formula is C14H18N4OS. The molecule has 5 nitrogen and oxygen atoms in total. The van der Waals surface area contributed by atoms with Gasteiger partial charge in [0.05, 0.1) is 16.9 Å². The zero-order chi connectivity index (χ0) is 14.2. The van der Waals surface area contributed by atoms with Crippen LogP contribution < -0.4 is 10.6 Å². The third kappa shape index (κ3) is 4.31. The number of rotatable bonds is 7. The topological polar surface area (TPSA) is 66.9 Å². The maximum Gasteiger partial charge on any atom is 0.269 e. The van der Waals surface area contributed by atoms with Crippen LogP contribution >= 0.6 is 11.3 Å². The first-order valence-electron chi connectivity index (χ1n) is 6.66. The van der Waals surface area contributed by atoms with E-state index in [0.29, 0.717) is 12.2 Å². The number of aromatic nitrogens is 2. The van der Waals surface area contributed by atoms with Crippen molar-refractivity contribution in [3.8, 4) is 0 Å². The Morgan fingerprint density at radius 2 is 2.20 bits per heavy atom. The van der Waals surface area contributed by atoms with Crippen molar-refractivity contribution in [3.63, 3.8) is 0 Å². The summed E-state index contributed by atoms with van der Waals surface area (Å²) in [7, 11) is 0. The fourth-order valence-corrected chi connectivity index (χ4v) is 2.27. The van der Waals surface area contributed by atoms with Crippen molar-refractivity contribution in [2.45, 2.75) is 19.8 Å². The van der Waals surface area contributed by atoms with Crippen molar-refractivity contribution in [1.29, 1.82) is 0 Å². The van der Waals surface area contributed by atoms with Gasteiger partial charge in [0.25, 0.3) is 5.91 Å². The van der Waals surface area contributed by atoms with Crippen LogP contribution in [0.2, 0.25) is 0 Å². The van der Waals surface area contributed by atoms with Crippen molar-refractivity contribution < 1.29 is 4.79 Å². The molecule has 0 aromatic carbocycles. The van der Waals surface area contributed by atoms with Crippen LogP contribution in [0.5, 0.6) is 0 Å². The Labute approximate surface area is 122 Å². The molecule has 2 aromatic rings. The van der Waals surface area contributed by atoms with Crippen LogP contribution in [0.15, 0.2) is 29.9 Å². The first kappa shape index (κ1) is 14.5. The number of thiazole rings is 1. The molecule has 0 spiro atoms. The predicted molar refractivity (Wildman–Crippen MR) is 81.2 cm³/mol. The molecule has 2 N–H and O–H groups in total. The number of hydrogen-bond acceptors (Lipinski definition) is 5. The van der Waals surface area contributed by atoms with Crippen molar-refractivity contribution in [1.82, 2.24) is 15.3 Å². The molecule has 0 atom stereocenters. The molecule has 20 heavy (non-hydrogen) atoms. The van der Waals surface area contributed by atoms with E-state index in [0.717, 1.165) is 30.1 Å². The van der Waals surface area contributed by atoms with Crippen molar-refractivity contribution in [2.24, 2.45) is 0 Å². The van der Waals surface area contributed by atoms with Crippen LogP contribution in [-0.4, -0.2) is 29.0 Å². The number of nitrogens with zero attached hydrogens (tertiary/aromatic N) is 2. The molecule has 0 unspecified atom stereocenters. The number of carbonyl (C=O) groups is 1. The summed E-state index contributed by atoms with van der Waals surface area (Å²) in [6, 6.07) is 3.61. The maximum atomic E-state index is 11.9. The lowest BCUT2D eigenvalue weighted by molar-refractivity contribution is 0.0949. The second-order valence-electron chi connectivity index (χ2n) is 4.29. The Morgan fingerprint density at radius 1 is 1.30 bits per heavy atom. The van der Waals surface area contributed by atoms with Gasteiger partial charge in [-0.3, -0.25) is 4.79 Å². The number of amides is 1. The third-order valence-corrected chi connectivity index (χ3v) is 3.52. The molecule has 0 saturated heterocycles. The van der Waals surface area contributed by atoms with Gasteiger partial charge in [-0.25, -0.2) is 9.97 Å². The molecule has 6 heteroatoms. The van der Waals surface area contributed by atoms with E-state index in [-0.39, 0.29) is 5.91 Å². The summed E-state index contributed by atoms with van der Waals surface area (Å²) in [4.78, 5) is 20.2. The average Bonchev–Trinajstić information content (AvgIpc) is 2.99. The molecule has 2 rings (SSSR count). The van der Waals surface area contributed by atoms with E-state index < -0.39 is 0 Å². The number of anilines is 1. The van der Waals surface area contributed by atoms with E-state index in [1.54, 1.807) is 29.8 Å². The summed E-state index contributed by atoms with van der Waals surface area (Å²) in [5.41, 5.74) is 1.37. The highest BCUT2D eigenvalue weighted by molar-refractivity contribution is 7.09. The third-order valence-electron chi connectivity index (χ3n) is 2.68. The second-order valence-corrected chi connectivity index (χ2v) is 5.27. The summed E-state index contributed by atoms with van der Waals surface area (Å²) >= 11 is 1.59. The predicted octanol–water partition coefficient (Wildman–Crippen LogP) is 2.33. The highest BCUT2D eigenvalue weighted by Crippen LogP contribution is 2.06. The van der Waals surface area contributed by atoms with Gasteiger partial charge in [0, 0.05) is 31.1 Å². The molecule has 2 aromatic heterocycles. The average molecular weight is 290 g/mol. The molecular weight excluding hydrogens is 272 g/mol. The lowest BCUT2D eigenvalue weighted by Crippen LogP contribution is -2.26. The summed E-state index contributed by atoms with van der Waals surface area (Å²) in [5.74, 6) is -0.149. The minimum atomic E-state index is -0.149. The summed E-state index contributed by atoms with van der Waals surface area (Å²) in [5, 5.41) is 9.02. The van der Waals surface area contributed by atoms with Gasteiger partial charge in [-0.15, -0.1) is 11.3 Å². The quantitative estimate of drug-likeness (QED) is 0.821. The normalized spacial score (nSPS) is 10.2. The van der Waals surface area contributed by atoms with Gasteiger partial charge in [0.15, 0.2) is 0 Å². The monoisotopic (exact) mass is 290 g/mol. The Kier molecular flexibility index (Phi) is 5.49. The zero-order valence-corrected chi connectivity index (χ0v) is 12.2. The number of hydrogen-bond donors (Lipinski definition) is 2. The Bertz CT molecular complexity index is 525. The Balaban J connectivity index is 1.79. The summed E-state index contributed by atoms with van der Waals surface area (Å²) in [6.07, 6.45) is 5.26. The molecule has 0 saturated carbocycles. The van der Waals surface area contributed by atoms with E-state index in [9.17, 15) is 4.79 Å².